The van der Waals surface area contributed by atoms with E-state index in [-0.39, 0.29) is 46.2 Å². The number of Topliss-reactive ketones (excluding diaryl/α,β-unsaturated/α-hetero) is 1. The summed E-state index contributed by atoms with van der Waals surface area (Å²) in [5.41, 5.74) is 0.0498. The van der Waals surface area contributed by atoms with Crippen molar-refractivity contribution in [3.05, 3.63) is 33.8 Å². The normalized spacial score (nSPS) is 17.2. The molecule has 1 amide bonds. The number of carbonyl (C=O) groups excluding carboxylic acids is 3. The van der Waals surface area contributed by atoms with Crippen molar-refractivity contribution in [1.29, 1.82) is 0 Å². The van der Waals surface area contributed by atoms with E-state index in [1.165, 1.54) is 12.1 Å². The van der Waals surface area contributed by atoms with Crippen molar-refractivity contribution >= 4 is 40.9 Å². The molecule has 1 heterocycles. The Bertz CT molecular complexity index is 583. The van der Waals surface area contributed by atoms with Gasteiger partial charge in [-0.1, -0.05) is 29.3 Å². The van der Waals surface area contributed by atoms with Crippen LogP contribution in [0.5, 0.6) is 0 Å². The van der Waals surface area contributed by atoms with Gasteiger partial charge in [0.05, 0.1) is 15.6 Å². The molecule has 118 valence electrons. The van der Waals surface area contributed by atoms with Gasteiger partial charge in [0, 0.05) is 18.9 Å². The fraction of sp³-hybridized carbons (Fsp3) is 0.400. The van der Waals surface area contributed by atoms with Crippen molar-refractivity contribution in [2.75, 3.05) is 13.2 Å². The number of ketones is 1. The number of carbonyl (C=O) groups is 3. The maximum absolute atomic E-state index is 11.9. The van der Waals surface area contributed by atoms with E-state index >= 15 is 0 Å². The van der Waals surface area contributed by atoms with Crippen molar-refractivity contribution in [1.82, 2.24) is 5.32 Å². The predicted molar refractivity (Wildman–Crippen MR) is 82.1 cm³/mol. The van der Waals surface area contributed by atoms with E-state index in [0.717, 1.165) is 6.42 Å². The van der Waals surface area contributed by atoms with E-state index in [1.807, 2.05) is 0 Å². The smallest absolute Gasteiger partial charge is 0.341 e. The van der Waals surface area contributed by atoms with Crippen LogP contribution in [0.3, 0.4) is 0 Å². The Morgan fingerprint density at radius 3 is 2.55 bits per heavy atom. The Balaban J connectivity index is 1.81. The summed E-state index contributed by atoms with van der Waals surface area (Å²) in [6.45, 7) is 0.298. The fourth-order valence-electron chi connectivity index (χ4n) is 2.24. The third-order valence-corrected chi connectivity index (χ3v) is 4.10. The number of hydrogen-bond acceptors (Lipinski definition) is 4. The minimum Gasteiger partial charge on any atom is -0.454 e. The minimum absolute atomic E-state index is 0.0207. The first-order valence-electron chi connectivity index (χ1n) is 6.89. The van der Waals surface area contributed by atoms with Gasteiger partial charge in [0.25, 0.3) is 0 Å². The number of rotatable bonds is 6. The van der Waals surface area contributed by atoms with Crippen LogP contribution in [0.4, 0.5) is 0 Å². The van der Waals surface area contributed by atoms with Crippen LogP contribution in [0.25, 0.3) is 0 Å². The lowest BCUT2D eigenvalue weighted by molar-refractivity contribution is -0.124. The molecule has 22 heavy (non-hydrogen) atoms. The number of nitrogens with one attached hydrogen (secondary N) is 1. The van der Waals surface area contributed by atoms with Crippen LogP contribution >= 0.6 is 23.2 Å². The van der Waals surface area contributed by atoms with Crippen LogP contribution < -0.4 is 5.32 Å². The lowest BCUT2D eigenvalue weighted by Crippen LogP contribution is -2.20. The molecule has 0 aliphatic carbocycles. The molecule has 7 heteroatoms. The summed E-state index contributed by atoms with van der Waals surface area (Å²) in [5, 5.41) is 3.06. The van der Waals surface area contributed by atoms with Crippen LogP contribution in [0.1, 0.15) is 29.6 Å². The highest BCUT2D eigenvalue weighted by Crippen LogP contribution is 2.25. The fourth-order valence-corrected chi connectivity index (χ4v) is 2.79. The van der Waals surface area contributed by atoms with E-state index in [9.17, 15) is 14.4 Å². The van der Waals surface area contributed by atoms with Gasteiger partial charge in [0.15, 0.2) is 5.78 Å². The van der Waals surface area contributed by atoms with Crippen LogP contribution in [-0.4, -0.2) is 30.8 Å². The Hall–Kier alpha value is -1.59. The maximum atomic E-state index is 11.9. The number of amides is 1. The molecule has 0 aromatic heterocycles. The number of esters is 1. The highest BCUT2D eigenvalue weighted by molar-refractivity contribution is 6.39. The van der Waals surface area contributed by atoms with Gasteiger partial charge >= 0.3 is 5.97 Å². The van der Waals surface area contributed by atoms with Gasteiger partial charge in [-0.3, -0.25) is 9.59 Å². The largest absolute Gasteiger partial charge is 0.454 e. The average Bonchev–Trinajstić information content (AvgIpc) is 2.88. The molecule has 1 saturated heterocycles. The van der Waals surface area contributed by atoms with Gasteiger partial charge in [-0.15, -0.1) is 0 Å². The molecule has 1 N–H and O–H groups in total. The average molecular weight is 344 g/mol. The molecule has 0 spiro atoms. The Morgan fingerprint density at radius 1 is 1.27 bits per heavy atom. The van der Waals surface area contributed by atoms with Crippen LogP contribution in [-0.2, 0) is 14.3 Å². The third-order valence-electron chi connectivity index (χ3n) is 3.47. The molecular weight excluding hydrogens is 329 g/mol. The third kappa shape index (κ3) is 4.21. The molecule has 0 bridgehead atoms. The summed E-state index contributed by atoms with van der Waals surface area (Å²) in [6.07, 6.45) is 1.40. The standard InChI is InChI=1S/C15H15Cl2NO4/c16-11-2-1-3-12(17)13(11)15(21)22-8-10(19)5-4-9-6-7-18-14(9)20/h1-3,9H,4-8H2,(H,18,20)/t9-/m0/s1. The Labute approximate surface area is 137 Å². The second-order valence-electron chi connectivity index (χ2n) is 5.03. The topological polar surface area (TPSA) is 72.5 Å². The zero-order valence-corrected chi connectivity index (χ0v) is 13.2. The number of ether oxygens (including phenoxy) is 1. The molecule has 5 nitrogen and oxygen atoms in total. The van der Waals surface area contributed by atoms with E-state index in [0.29, 0.717) is 13.0 Å². The van der Waals surface area contributed by atoms with Gasteiger partial charge in [0.2, 0.25) is 5.91 Å². The molecule has 0 unspecified atom stereocenters. The molecule has 1 aliphatic heterocycles. The van der Waals surface area contributed by atoms with Gasteiger partial charge in [-0.2, -0.15) is 0 Å². The highest BCUT2D eigenvalue weighted by atomic mass is 35.5. The quantitative estimate of drug-likeness (QED) is 0.806. The lowest BCUT2D eigenvalue weighted by atomic mass is 10.0. The molecule has 1 atom stereocenters. The van der Waals surface area contributed by atoms with Crippen LogP contribution in [0.2, 0.25) is 10.0 Å². The minimum atomic E-state index is -0.734. The second kappa shape index (κ2) is 7.61. The molecule has 1 aliphatic rings. The lowest BCUT2D eigenvalue weighted by Gasteiger charge is -2.08. The highest BCUT2D eigenvalue weighted by Gasteiger charge is 2.24. The summed E-state index contributed by atoms with van der Waals surface area (Å²) >= 11 is 11.8. The summed E-state index contributed by atoms with van der Waals surface area (Å²) in [4.78, 5) is 35.0. The van der Waals surface area contributed by atoms with Crippen molar-refractivity contribution in [2.45, 2.75) is 19.3 Å². The molecule has 1 aromatic carbocycles. The summed E-state index contributed by atoms with van der Waals surface area (Å²) in [5.74, 6) is -1.12. The summed E-state index contributed by atoms with van der Waals surface area (Å²) in [7, 11) is 0. The van der Waals surface area contributed by atoms with Crippen molar-refractivity contribution in [3.63, 3.8) is 0 Å². The predicted octanol–water partition coefficient (Wildman–Crippen LogP) is 2.64. The van der Waals surface area contributed by atoms with Crippen molar-refractivity contribution in [2.24, 2.45) is 5.92 Å². The maximum Gasteiger partial charge on any atom is 0.341 e. The number of halogens is 2. The van der Waals surface area contributed by atoms with E-state index in [1.54, 1.807) is 6.07 Å². The zero-order chi connectivity index (χ0) is 16.1. The summed E-state index contributed by atoms with van der Waals surface area (Å²) < 4.78 is 4.94. The molecule has 0 saturated carbocycles. The first-order valence-corrected chi connectivity index (χ1v) is 7.65. The molecule has 1 aromatic rings. The Kier molecular flexibility index (Phi) is 5.80. The van der Waals surface area contributed by atoms with Gasteiger partial charge < -0.3 is 10.1 Å². The van der Waals surface area contributed by atoms with Gasteiger partial charge in [-0.25, -0.2) is 4.79 Å². The first-order chi connectivity index (χ1) is 10.5. The SMILES string of the molecule is O=C(CC[C@H]1CCNC1=O)COC(=O)c1c(Cl)cccc1Cl. The van der Waals surface area contributed by atoms with Gasteiger partial charge in [0.1, 0.15) is 6.61 Å². The van der Waals surface area contributed by atoms with Crippen LogP contribution in [0, 0.1) is 5.92 Å². The van der Waals surface area contributed by atoms with E-state index < -0.39 is 5.97 Å². The number of hydrogen-bond donors (Lipinski definition) is 1. The molecule has 1 fully saturated rings. The van der Waals surface area contributed by atoms with Crippen molar-refractivity contribution in [3.8, 4) is 0 Å². The zero-order valence-electron chi connectivity index (χ0n) is 11.7. The molecule has 0 radical (unpaired) electrons. The van der Waals surface area contributed by atoms with E-state index in [2.05, 4.69) is 5.32 Å². The monoisotopic (exact) mass is 343 g/mol. The summed E-state index contributed by atoms with van der Waals surface area (Å²) in [6, 6.07) is 4.65. The molecule has 2 rings (SSSR count). The van der Waals surface area contributed by atoms with Gasteiger partial charge in [-0.05, 0) is 25.0 Å². The number of benzene rings is 1. The Morgan fingerprint density at radius 2 is 1.95 bits per heavy atom. The van der Waals surface area contributed by atoms with Crippen LogP contribution in [0.15, 0.2) is 18.2 Å². The second-order valence-corrected chi connectivity index (χ2v) is 5.84. The van der Waals surface area contributed by atoms with E-state index in [4.69, 9.17) is 27.9 Å². The van der Waals surface area contributed by atoms with Crippen molar-refractivity contribution < 1.29 is 19.1 Å². The molecular formula is C15H15Cl2NO4. The first kappa shape index (κ1) is 16.8.